The summed E-state index contributed by atoms with van der Waals surface area (Å²) in [4.78, 5) is 4.32. The van der Waals surface area contributed by atoms with E-state index in [1.54, 1.807) is 0 Å². The number of fused-ring (bicyclic) bond motifs is 1. The number of aromatic nitrogens is 3. The number of nitrogens with two attached hydrogens (primary N) is 1. The van der Waals surface area contributed by atoms with Crippen molar-refractivity contribution in [2.24, 2.45) is 0 Å². The van der Waals surface area contributed by atoms with E-state index in [-0.39, 0.29) is 18.0 Å². The number of nitrogens with zero attached hydrogens (tertiary/aromatic N) is 3. The van der Waals surface area contributed by atoms with Gasteiger partial charge in [0.15, 0.2) is 0 Å². The lowest BCUT2D eigenvalue weighted by molar-refractivity contribution is 0.431. The molecule has 0 spiro atoms. The first-order valence-electron chi connectivity index (χ1n) is 8.01. The highest BCUT2D eigenvalue weighted by Gasteiger charge is 2.31. The molecule has 128 valence electrons. The third-order valence-electron chi connectivity index (χ3n) is 4.48. The number of rotatable bonds is 2. The van der Waals surface area contributed by atoms with Crippen LogP contribution in [0.3, 0.4) is 0 Å². The van der Waals surface area contributed by atoms with Crippen molar-refractivity contribution in [3.63, 3.8) is 0 Å². The Bertz CT molecular complexity index is 937. The van der Waals surface area contributed by atoms with Crippen LogP contribution < -0.4 is 11.1 Å². The molecular weight excluding hydrogens is 357 g/mol. The molecule has 1 aliphatic rings. The highest BCUT2D eigenvalue weighted by molar-refractivity contribution is 6.42. The zero-order chi connectivity index (χ0) is 17.6. The van der Waals surface area contributed by atoms with Gasteiger partial charge in [0.1, 0.15) is 0 Å². The third kappa shape index (κ3) is 3.05. The normalized spacial score (nSPS) is 19.3. The van der Waals surface area contributed by atoms with Crippen LogP contribution in [0.15, 0.2) is 42.5 Å². The molecule has 1 aliphatic heterocycles. The highest BCUT2D eigenvalue weighted by atomic mass is 35.5. The van der Waals surface area contributed by atoms with Crippen molar-refractivity contribution < 1.29 is 0 Å². The molecule has 0 bridgehead atoms. The van der Waals surface area contributed by atoms with Gasteiger partial charge in [-0.25, -0.2) is 4.68 Å². The average Bonchev–Trinajstić information content (AvgIpc) is 2.96. The number of hydrogen-bond acceptors (Lipinski definition) is 4. The van der Waals surface area contributed by atoms with Crippen LogP contribution in [0.1, 0.15) is 35.2 Å². The molecule has 2 aromatic carbocycles. The summed E-state index contributed by atoms with van der Waals surface area (Å²) >= 11 is 12.2. The van der Waals surface area contributed by atoms with Gasteiger partial charge in [0, 0.05) is 0 Å². The maximum Gasteiger partial charge on any atom is 0.241 e. The number of aryl methyl sites for hydroxylation is 1. The van der Waals surface area contributed by atoms with Crippen molar-refractivity contribution in [3.05, 3.63) is 69.2 Å². The standard InChI is InChI=1S/C18H17Cl2N5/c1-10-3-2-4-12(7-10)16-9-15(11-5-6-13(19)14(20)8-11)22-18-23-17(21)24-25(16)18/h2-8,15-16H,9H2,1H3,(H3,21,22,23,24)/t15-,16+/m0/s1. The maximum absolute atomic E-state index is 6.20. The van der Waals surface area contributed by atoms with Crippen molar-refractivity contribution in [2.45, 2.75) is 25.4 Å². The summed E-state index contributed by atoms with van der Waals surface area (Å²) in [5, 5.41) is 8.86. The number of hydrogen-bond donors (Lipinski definition) is 2. The summed E-state index contributed by atoms with van der Waals surface area (Å²) in [6.45, 7) is 2.08. The van der Waals surface area contributed by atoms with E-state index in [9.17, 15) is 0 Å². The Hall–Kier alpha value is -2.24. The van der Waals surface area contributed by atoms with Gasteiger partial charge in [-0.05, 0) is 36.6 Å². The fourth-order valence-corrected chi connectivity index (χ4v) is 3.60. The first kappa shape index (κ1) is 16.2. The van der Waals surface area contributed by atoms with Crippen LogP contribution in [0.2, 0.25) is 10.0 Å². The van der Waals surface area contributed by atoms with E-state index in [2.05, 4.69) is 46.6 Å². The Morgan fingerprint density at radius 3 is 2.72 bits per heavy atom. The van der Waals surface area contributed by atoms with E-state index in [1.165, 1.54) is 11.1 Å². The molecular formula is C18H17Cl2N5. The molecule has 0 saturated heterocycles. The Labute approximate surface area is 155 Å². The van der Waals surface area contributed by atoms with Gasteiger partial charge in [-0.3, -0.25) is 0 Å². The van der Waals surface area contributed by atoms with Crippen molar-refractivity contribution in [1.29, 1.82) is 0 Å². The van der Waals surface area contributed by atoms with E-state index in [0.29, 0.717) is 16.0 Å². The first-order valence-corrected chi connectivity index (χ1v) is 8.77. The molecule has 0 amide bonds. The second-order valence-electron chi connectivity index (χ2n) is 6.27. The van der Waals surface area contributed by atoms with Gasteiger partial charge in [0.25, 0.3) is 0 Å². The molecule has 0 radical (unpaired) electrons. The minimum absolute atomic E-state index is 0.0383. The summed E-state index contributed by atoms with van der Waals surface area (Å²) in [5.74, 6) is 0.918. The monoisotopic (exact) mass is 373 g/mol. The minimum Gasteiger partial charge on any atom is -0.366 e. The van der Waals surface area contributed by atoms with E-state index >= 15 is 0 Å². The Balaban J connectivity index is 1.77. The second kappa shape index (κ2) is 6.24. The summed E-state index contributed by atoms with van der Waals surface area (Å²) in [7, 11) is 0. The van der Waals surface area contributed by atoms with E-state index < -0.39 is 0 Å². The number of benzene rings is 2. The van der Waals surface area contributed by atoms with Gasteiger partial charge in [0.05, 0.1) is 22.1 Å². The summed E-state index contributed by atoms with van der Waals surface area (Å²) in [6, 6.07) is 14.2. The predicted octanol–water partition coefficient (Wildman–Crippen LogP) is 4.62. The van der Waals surface area contributed by atoms with Crippen LogP contribution in [-0.4, -0.2) is 14.8 Å². The third-order valence-corrected chi connectivity index (χ3v) is 5.22. The molecule has 0 aliphatic carbocycles. The fourth-order valence-electron chi connectivity index (χ4n) is 3.30. The lowest BCUT2D eigenvalue weighted by atomic mass is 9.93. The lowest BCUT2D eigenvalue weighted by Gasteiger charge is -2.32. The molecule has 0 unspecified atom stereocenters. The predicted molar refractivity (Wildman–Crippen MR) is 101 cm³/mol. The molecule has 0 saturated carbocycles. The average molecular weight is 374 g/mol. The first-order chi connectivity index (χ1) is 12.0. The van der Waals surface area contributed by atoms with Gasteiger partial charge < -0.3 is 11.1 Å². The minimum atomic E-state index is 0.0383. The van der Waals surface area contributed by atoms with Crippen LogP contribution in [-0.2, 0) is 0 Å². The topological polar surface area (TPSA) is 68.8 Å². The Morgan fingerprint density at radius 2 is 1.96 bits per heavy atom. The Morgan fingerprint density at radius 1 is 1.12 bits per heavy atom. The van der Waals surface area contributed by atoms with Crippen LogP contribution in [0.5, 0.6) is 0 Å². The van der Waals surface area contributed by atoms with Crippen molar-refractivity contribution in [1.82, 2.24) is 14.8 Å². The number of anilines is 2. The zero-order valence-electron chi connectivity index (χ0n) is 13.6. The van der Waals surface area contributed by atoms with Crippen LogP contribution in [0, 0.1) is 6.92 Å². The lowest BCUT2D eigenvalue weighted by Crippen LogP contribution is -2.28. The summed E-state index contributed by atoms with van der Waals surface area (Å²) in [6.07, 6.45) is 0.803. The fraction of sp³-hybridized carbons (Fsp3) is 0.222. The zero-order valence-corrected chi connectivity index (χ0v) is 15.1. The van der Waals surface area contributed by atoms with E-state index in [4.69, 9.17) is 28.9 Å². The van der Waals surface area contributed by atoms with E-state index in [1.807, 2.05) is 22.9 Å². The summed E-state index contributed by atoms with van der Waals surface area (Å²) < 4.78 is 1.86. The van der Waals surface area contributed by atoms with Gasteiger partial charge in [0.2, 0.25) is 11.9 Å². The molecule has 4 rings (SSSR count). The van der Waals surface area contributed by atoms with Crippen molar-refractivity contribution >= 4 is 35.1 Å². The molecule has 7 heteroatoms. The Kier molecular flexibility index (Phi) is 4.06. The molecule has 2 atom stereocenters. The number of nitrogen functional groups attached to an aromatic ring is 1. The smallest absolute Gasteiger partial charge is 0.241 e. The number of nitrogens with one attached hydrogen (secondary N) is 1. The molecule has 3 N–H and O–H groups in total. The van der Waals surface area contributed by atoms with Crippen LogP contribution in [0.4, 0.5) is 11.9 Å². The number of halogens is 2. The second-order valence-corrected chi connectivity index (χ2v) is 7.09. The highest BCUT2D eigenvalue weighted by Crippen LogP contribution is 2.39. The van der Waals surface area contributed by atoms with Gasteiger partial charge in [-0.2, -0.15) is 4.98 Å². The molecule has 0 fully saturated rings. The largest absolute Gasteiger partial charge is 0.366 e. The van der Waals surface area contributed by atoms with Crippen molar-refractivity contribution in [3.8, 4) is 0 Å². The molecule has 5 nitrogen and oxygen atoms in total. The molecule has 1 aromatic heterocycles. The SMILES string of the molecule is Cc1cccc([C@H]2C[C@@H](c3ccc(Cl)c(Cl)c3)Nc3nc(N)nn32)c1. The summed E-state index contributed by atoms with van der Waals surface area (Å²) in [5.41, 5.74) is 9.27. The molecule has 3 aromatic rings. The molecule has 25 heavy (non-hydrogen) atoms. The maximum atomic E-state index is 6.20. The van der Waals surface area contributed by atoms with Gasteiger partial charge in [-0.15, -0.1) is 5.10 Å². The van der Waals surface area contributed by atoms with Crippen LogP contribution >= 0.6 is 23.2 Å². The quantitative estimate of drug-likeness (QED) is 0.687. The van der Waals surface area contributed by atoms with Crippen molar-refractivity contribution in [2.75, 3.05) is 11.1 Å². The van der Waals surface area contributed by atoms with Gasteiger partial charge in [-0.1, -0.05) is 59.1 Å². The van der Waals surface area contributed by atoms with E-state index in [0.717, 1.165) is 12.0 Å². The van der Waals surface area contributed by atoms with Crippen LogP contribution in [0.25, 0.3) is 0 Å². The van der Waals surface area contributed by atoms with Gasteiger partial charge >= 0.3 is 0 Å². The molecule has 2 heterocycles.